The van der Waals surface area contributed by atoms with Crippen LogP contribution in [-0.2, 0) is 4.79 Å². The van der Waals surface area contributed by atoms with E-state index >= 15 is 0 Å². The SMILES string of the molecule is CC(=O)Nc1ccc(Nc2cc(-c3ccc(O)cc3)[nH]n2)c(C)c1. The molecule has 0 radical (unpaired) electrons. The molecule has 0 unspecified atom stereocenters. The van der Waals surface area contributed by atoms with Crippen molar-refractivity contribution in [3.8, 4) is 17.0 Å². The zero-order valence-electron chi connectivity index (χ0n) is 13.4. The molecular weight excluding hydrogens is 304 g/mol. The zero-order valence-corrected chi connectivity index (χ0v) is 13.4. The third-order valence-electron chi connectivity index (χ3n) is 3.57. The fraction of sp³-hybridized carbons (Fsp3) is 0.111. The topological polar surface area (TPSA) is 90.0 Å². The average molecular weight is 322 g/mol. The van der Waals surface area contributed by atoms with Crippen LogP contribution in [-0.4, -0.2) is 21.2 Å². The second-order valence-corrected chi connectivity index (χ2v) is 5.55. The minimum atomic E-state index is -0.0963. The molecule has 2 aromatic carbocycles. The van der Waals surface area contributed by atoms with Gasteiger partial charge < -0.3 is 15.7 Å². The van der Waals surface area contributed by atoms with E-state index in [4.69, 9.17) is 0 Å². The predicted molar refractivity (Wildman–Crippen MR) is 94.5 cm³/mol. The highest BCUT2D eigenvalue weighted by Crippen LogP contribution is 2.26. The minimum absolute atomic E-state index is 0.0963. The molecule has 4 N–H and O–H groups in total. The normalized spacial score (nSPS) is 10.4. The van der Waals surface area contributed by atoms with Gasteiger partial charge in [0.25, 0.3) is 0 Å². The van der Waals surface area contributed by atoms with Crippen LogP contribution in [0.25, 0.3) is 11.3 Å². The third-order valence-corrected chi connectivity index (χ3v) is 3.57. The van der Waals surface area contributed by atoms with Crippen molar-refractivity contribution in [1.29, 1.82) is 0 Å². The van der Waals surface area contributed by atoms with Crippen LogP contribution in [0.3, 0.4) is 0 Å². The van der Waals surface area contributed by atoms with Crippen LogP contribution in [0.5, 0.6) is 5.75 Å². The Hall–Kier alpha value is -3.28. The lowest BCUT2D eigenvalue weighted by Crippen LogP contribution is -2.06. The first kappa shape index (κ1) is 15.6. The van der Waals surface area contributed by atoms with Gasteiger partial charge in [0, 0.05) is 24.4 Å². The summed E-state index contributed by atoms with van der Waals surface area (Å²) in [4.78, 5) is 11.1. The van der Waals surface area contributed by atoms with Crippen molar-refractivity contribution in [2.75, 3.05) is 10.6 Å². The number of benzene rings is 2. The van der Waals surface area contributed by atoms with Crippen molar-refractivity contribution in [3.05, 3.63) is 54.1 Å². The predicted octanol–water partition coefficient (Wildman–Crippen LogP) is 3.79. The van der Waals surface area contributed by atoms with Crippen LogP contribution in [0.2, 0.25) is 0 Å². The molecule has 0 aliphatic heterocycles. The number of phenolic OH excluding ortho intramolecular Hbond substituents is 1. The van der Waals surface area contributed by atoms with Crippen molar-refractivity contribution < 1.29 is 9.90 Å². The largest absolute Gasteiger partial charge is 0.508 e. The van der Waals surface area contributed by atoms with E-state index < -0.39 is 0 Å². The first-order chi connectivity index (χ1) is 11.5. The molecule has 24 heavy (non-hydrogen) atoms. The molecule has 6 heteroatoms. The molecule has 3 rings (SSSR count). The first-order valence-corrected chi connectivity index (χ1v) is 7.51. The molecular formula is C18H18N4O2. The van der Waals surface area contributed by atoms with Crippen molar-refractivity contribution in [1.82, 2.24) is 10.2 Å². The van der Waals surface area contributed by atoms with Crippen LogP contribution in [0.15, 0.2) is 48.5 Å². The Labute approximate surface area is 139 Å². The summed E-state index contributed by atoms with van der Waals surface area (Å²) < 4.78 is 0. The average Bonchev–Trinajstić information content (AvgIpc) is 2.99. The smallest absolute Gasteiger partial charge is 0.221 e. The van der Waals surface area contributed by atoms with E-state index in [0.717, 1.165) is 28.2 Å². The molecule has 0 atom stereocenters. The molecule has 0 saturated heterocycles. The number of rotatable bonds is 4. The lowest BCUT2D eigenvalue weighted by atomic mass is 10.1. The van der Waals surface area contributed by atoms with E-state index in [9.17, 15) is 9.90 Å². The maximum absolute atomic E-state index is 11.1. The number of aromatic hydroxyl groups is 1. The number of carbonyl (C=O) groups excluding carboxylic acids is 1. The quantitative estimate of drug-likeness (QED) is 0.588. The van der Waals surface area contributed by atoms with Crippen molar-refractivity contribution in [2.45, 2.75) is 13.8 Å². The Bertz CT molecular complexity index is 869. The molecule has 1 amide bonds. The number of hydrogen-bond acceptors (Lipinski definition) is 4. The van der Waals surface area contributed by atoms with E-state index in [1.807, 2.05) is 43.3 Å². The lowest BCUT2D eigenvalue weighted by molar-refractivity contribution is -0.114. The van der Waals surface area contributed by atoms with E-state index in [1.54, 1.807) is 12.1 Å². The number of anilines is 3. The number of nitrogens with zero attached hydrogens (tertiary/aromatic N) is 1. The van der Waals surface area contributed by atoms with Crippen molar-refractivity contribution >= 4 is 23.1 Å². The van der Waals surface area contributed by atoms with Crippen LogP contribution >= 0.6 is 0 Å². The van der Waals surface area contributed by atoms with Gasteiger partial charge in [0.05, 0.1) is 5.69 Å². The second-order valence-electron chi connectivity index (χ2n) is 5.55. The van der Waals surface area contributed by atoms with Gasteiger partial charge in [0.1, 0.15) is 5.75 Å². The second kappa shape index (κ2) is 6.45. The maximum atomic E-state index is 11.1. The summed E-state index contributed by atoms with van der Waals surface area (Å²) in [6.07, 6.45) is 0. The van der Waals surface area contributed by atoms with Gasteiger partial charge in [-0.3, -0.25) is 9.89 Å². The van der Waals surface area contributed by atoms with Gasteiger partial charge in [0.2, 0.25) is 5.91 Å². The summed E-state index contributed by atoms with van der Waals surface area (Å²) in [7, 11) is 0. The number of hydrogen-bond donors (Lipinski definition) is 4. The van der Waals surface area contributed by atoms with Crippen LogP contribution in [0.4, 0.5) is 17.2 Å². The molecule has 0 aliphatic rings. The van der Waals surface area contributed by atoms with Gasteiger partial charge in [-0.05, 0) is 60.5 Å². The molecule has 0 saturated carbocycles. The Morgan fingerprint density at radius 1 is 1.12 bits per heavy atom. The first-order valence-electron chi connectivity index (χ1n) is 7.51. The fourth-order valence-electron chi connectivity index (χ4n) is 2.40. The van der Waals surface area contributed by atoms with E-state index in [0.29, 0.717) is 5.82 Å². The molecule has 0 aliphatic carbocycles. The van der Waals surface area contributed by atoms with Gasteiger partial charge in [-0.1, -0.05) is 0 Å². The van der Waals surface area contributed by atoms with Crippen LogP contribution in [0, 0.1) is 6.92 Å². The summed E-state index contributed by atoms with van der Waals surface area (Å²) in [5, 5.41) is 22.6. The lowest BCUT2D eigenvalue weighted by Gasteiger charge is -2.09. The monoisotopic (exact) mass is 322 g/mol. The number of phenols is 1. The summed E-state index contributed by atoms with van der Waals surface area (Å²) in [6.45, 7) is 3.44. The number of nitrogens with one attached hydrogen (secondary N) is 3. The Balaban J connectivity index is 1.77. The van der Waals surface area contributed by atoms with Gasteiger partial charge in [-0.15, -0.1) is 0 Å². The summed E-state index contributed by atoms with van der Waals surface area (Å²) in [5.41, 5.74) is 4.46. The van der Waals surface area contributed by atoms with E-state index in [-0.39, 0.29) is 11.7 Å². The van der Waals surface area contributed by atoms with Gasteiger partial charge in [0.15, 0.2) is 5.82 Å². The number of aromatic amines is 1. The Kier molecular flexibility index (Phi) is 4.20. The number of H-pyrrole nitrogens is 1. The van der Waals surface area contributed by atoms with Crippen LogP contribution < -0.4 is 10.6 Å². The highest BCUT2D eigenvalue weighted by atomic mass is 16.3. The van der Waals surface area contributed by atoms with Crippen molar-refractivity contribution in [3.63, 3.8) is 0 Å². The summed E-state index contributed by atoms with van der Waals surface area (Å²) in [5.74, 6) is 0.820. The van der Waals surface area contributed by atoms with Gasteiger partial charge >= 0.3 is 0 Å². The van der Waals surface area contributed by atoms with E-state index in [1.165, 1.54) is 6.92 Å². The maximum Gasteiger partial charge on any atom is 0.221 e. The standard InChI is InChI=1S/C18H18N4O2/c1-11-9-14(19-12(2)23)5-8-16(11)20-18-10-17(21-22-18)13-3-6-15(24)7-4-13/h3-10,24H,1-2H3,(H,19,23)(H2,20,21,22). The minimum Gasteiger partial charge on any atom is -0.508 e. The molecule has 0 bridgehead atoms. The molecule has 1 aromatic heterocycles. The molecule has 122 valence electrons. The summed E-state index contributed by atoms with van der Waals surface area (Å²) in [6, 6.07) is 14.4. The number of aryl methyl sites for hydroxylation is 1. The number of carbonyl (C=O) groups is 1. The molecule has 3 aromatic rings. The Morgan fingerprint density at radius 3 is 2.54 bits per heavy atom. The highest BCUT2D eigenvalue weighted by molar-refractivity contribution is 5.89. The molecule has 0 spiro atoms. The van der Waals surface area contributed by atoms with E-state index in [2.05, 4.69) is 20.8 Å². The zero-order chi connectivity index (χ0) is 17.1. The number of aromatic nitrogens is 2. The summed E-state index contributed by atoms with van der Waals surface area (Å²) >= 11 is 0. The fourth-order valence-corrected chi connectivity index (χ4v) is 2.40. The van der Waals surface area contributed by atoms with Gasteiger partial charge in [-0.2, -0.15) is 5.10 Å². The Morgan fingerprint density at radius 2 is 1.88 bits per heavy atom. The van der Waals surface area contributed by atoms with Crippen LogP contribution in [0.1, 0.15) is 12.5 Å². The molecule has 1 heterocycles. The third kappa shape index (κ3) is 3.55. The highest BCUT2D eigenvalue weighted by Gasteiger charge is 2.06. The van der Waals surface area contributed by atoms with Gasteiger partial charge in [-0.25, -0.2) is 0 Å². The molecule has 6 nitrogen and oxygen atoms in total. The van der Waals surface area contributed by atoms with Crippen molar-refractivity contribution in [2.24, 2.45) is 0 Å². The number of amides is 1. The molecule has 0 fully saturated rings.